The van der Waals surface area contributed by atoms with Gasteiger partial charge in [-0.05, 0) is 25.4 Å². The molecule has 78 valence electrons. The van der Waals surface area contributed by atoms with Crippen molar-refractivity contribution >= 4 is 0 Å². The molecular formula is C9H15N3O2. The van der Waals surface area contributed by atoms with Gasteiger partial charge in [-0.3, -0.25) is 0 Å². The molecule has 1 aromatic heterocycles. The number of aromatic nitrogens is 2. The Morgan fingerprint density at radius 2 is 2.57 bits per heavy atom. The predicted molar refractivity (Wildman–Crippen MR) is 51.0 cm³/mol. The first-order chi connectivity index (χ1) is 6.78. The molecule has 0 radical (unpaired) electrons. The number of aromatic amines is 1. The SMILES string of the molecule is CCN1CCC(Cc2nc(=O)[nH]o2)C1. The fourth-order valence-corrected chi connectivity index (χ4v) is 1.96. The third kappa shape index (κ3) is 2.04. The lowest BCUT2D eigenvalue weighted by Gasteiger charge is -2.11. The standard InChI is InChI=1S/C9H15N3O2/c1-2-12-4-3-7(6-12)5-8-10-9(13)11-14-8/h7H,2-6H2,1H3,(H,11,13). The first-order valence-corrected chi connectivity index (χ1v) is 5.04. The highest BCUT2D eigenvalue weighted by Gasteiger charge is 2.22. The van der Waals surface area contributed by atoms with Crippen molar-refractivity contribution in [3.8, 4) is 0 Å². The molecule has 1 atom stereocenters. The minimum atomic E-state index is -0.384. The van der Waals surface area contributed by atoms with Crippen LogP contribution in [0.15, 0.2) is 9.32 Å². The summed E-state index contributed by atoms with van der Waals surface area (Å²) >= 11 is 0. The predicted octanol–water partition coefficient (Wildman–Crippen LogP) is 0.247. The average molecular weight is 197 g/mol. The Morgan fingerprint density at radius 3 is 3.14 bits per heavy atom. The van der Waals surface area contributed by atoms with Gasteiger partial charge in [0.25, 0.3) is 0 Å². The van der Waals surface area contributed by atoms with E-state index in [1.54, 1.807) is 0 Å². The Bertz CT molecular complexity index is 344. The summed E-state index contributed by atoms with van der Waals surface area (Å²) in [7, 11) is 0. The lowest BCUT2D eigenvalue weighted by atomic mass is 10.1. The molecule has 1 unspecified atom stereocenters. The minimum absolute atomic E-state index is 0.384. The summed E-state index contributed by atoms with van der Waals surface area (Å²) in [5.41, 5.74) is -0.384. The Balaban J connectivity index is 1.90. The molecule has 1 aromatic rings. The summed E-state index contributed by atoms with van der Waals surface area (Å²) < 4.78 is 4.93. The van der Waals surface area contributed by atoms with E-state index in [0.717, 1.165) is 26.1 Å². The van der Waals surface area contributed by atoms with E-state index in [1.807, 2.05) is 0 Å². The summed E-state index contributed by atoms with van der Waals surface area (Å²) in [6.07, 6.45) is 1.94. The smallest absolute Gasteiger partial charge is 0.362 e. The highest BCUT2D eigenvalue weighted by molar-refractivity contribution is 4.84. The van der Waals surface area contributed by atoms with Gasteiger partial charge in [0.1, 0.15) is 0 Å². The zero-order valence-electron chi connectivity index (χ0n) is 8.32. The van der Waals surface area contributed by atoms with Crippen LogP contribution in [0.5, 0.6) is 0 Å². The molecule has 0 saturated carbocycles. The van der Waals surface area contributed by atoms with Gasteiger partial charge in [-0.15, -0.1) is 0 Å². The van der Waals surface area contributed by atoms with Crippen molar-refractivity contribution in [1.82, 2.24) is 15.0 Å². The van der Waals surface area contributed by atoms with Crippen LogP contribution < -0.4 is 5.69 Å². The maximum absolute atomic E-state index is 10.7. The summed E-state index contributed by atoms with van der Waals surface area (Å²) in [5.74, 6) is 1.12. The van der Waals surface area contributed by atoms with Crippen LogP contribution in [-0.4, -0.2) is 34.7 Å². The van der Waals surface area contributed by atoms with Crippen LogP contribution in [0.3, 0.4) is 0 Å². The largest absolute Gasteiger partial charge is 0.377 e. The van der Waals surface area contributed by atoms with Crippen LogP contribution in [0.4, 0.5) is 0 Å². The van der Waals surface area contributed by atoms with E-state index in [-0.39, 0.29) is 5.69 Å². The van der Waals surface area contributed by atoms with Gasteiger partial charge in [-0.1, -0.05) is 6.92 Å². The van der Waals surface area contributed by atoms with E-state index in [1.165, 1.54) is 6.42 Å². The Hall–Kier alpha value is -1.10. The quantitative estimate of drug-likeness (QED) is 0.754. The van der Waals surface area contributed by atoms with Gasteiger partial charge in [-0.2, -0.15) is 10.1 Å². The molecule has 1 saturated heterocycles. The molecule has 1 aliphatic heterocycles. The maximum atomic E-state index is 10.7. The van der Waals surface area contributed by atoms with Crippen molar-refractivity contribution in [2.75, 3.05) is 19.6 Å². The Kier molecular flexibility index (Phi) is 2.67. The van der Waals surface area contributed by atoms with E-state index >= 15 is 0 Å². The Morgan fingerprint density at radius 1 is 1.71 bits per heavy atom. The second kappa shape index (κ2) is 3.96. The molecule has 0 bridgehead atoms. The van der Waals surface area contributed by atoms with Crippen LogP contribution in [0, 0.1) is 5.92 Å². The van der Waals surface area contributed by atoms with E-state index < -0.39 is 0 Å². The molecule has 2 heterocycles. The van der Waals surface area contributed by atoms with Crippen LogP contribution in [0.25, 0.3) is 0 Å². The number of H-pyrrole nitrogens is 1. The number of hydrogen-bond acceptors (Lipinski definition) is 4. The van der Waals surface area contributed by atoms with Crippen LogP contribution in [-0.2, 0) is 6.42 Å². The topological polar surface area (TPSA) is 62.1 Å². The minimum Gasteiger partial charge on any atom is -0.362 e. The third-order valence-electron chi connectivity index (χ3n) is 2.76. The molecule has 14 heavy (non-hydrogen) atoms. The van der Waals surface area contributed by atoms with Crippen molar-refractivity contribution < 1.29 is 4.52 Å². The highest BCUT2D eigenvalue weighted by Crippen LogP contribution is 2.18. The molecular weight excluding hydrogens is 182 g/mol. The summed E-state index contributed by atoms with van der Waals surface area (Å²) in [6.45, 7) is 5.50. The molecule has 0 aromatic carbocycles. The summed E-state index contributed by atoms with van der Waals surface area (Å²) in [4.78, 5) is 16.8. The molecule has 1 aliphatic rings. The van der Waals surface area contributed by atoms with E-state index in [0.29, 0.717) is 11.8 Å². The lowest BCUT2D eigenvalue weighted by molar-refractivity contribution is 0.322. The number of nitrogens with zero attached hydrogens (tertiary/aromatic N) is 2. The molecule has 0 aliphatic carbocycles. The second-order valence-corrected chi connectivity index (χ2v) is 3.77. The highest BCUT2D eigenvalue weighted by atomic mass is 16.5. The first-order valence-electron chi connectivity index (χ1n) is 5.04. The lowest BCUT2D eigenvalue weighted by Crippen LogP contribution is -2.20. The van der Waals surface area contributed by atoms with Crippen LogP contribution >= 0.6 is 0 Å². The maximum Gasteiger partial charge on any atom is 0.377 e. The third-order valence-corrected chi connectivity index (χ3v) is 2.76. The van der Waals surface area contributed by atoms with Crippen molar-refractivity contribution in [3.05, 3.63) is 16.4 Å². The van der Waals surface area contributed by atoms with Crippen LogP contribution in [0.1, 0.15) is 19.2 Å². The summed E-state index contributed by atoms with van der Waals surface area (Å²) in [5, 5.41) is 2.21. The number of hydrogen-bond donors (Lipinski definition) is 1. The average Bonchev–Trinajstić information content (AvgIpc) is 2.76. The first kappa shape index (κ1) is 9.45. The number of likely N-dealkylation sites (tertiary alicyclic amines) is 1. The molecule has 1 N–H and O–H groups in total. The second-order valence-electron chi connectivity index (χ2n) is 3.77. The van der Waals surface area contributed by atoms with E-state index in [9.17, 15) is 4.79 Å². The van der Waals surface area contributed by atoms with Crippen molar-refractivity contribution in [2.24, 2.45) is 5.92 Å². The fraction of sp³-hybridized carbons (Fsp3) is 0.778. The van der Waals surface area contributed by atoms with Gasteiger partial charge in [0.2, 0.25) is 5.89 Å². The zero-order chi connectivity index (χ0) is 9.97. The van der Waals surface area contributed by atoms with Gasteiger partial charge >= 0.3 is 5.69 Å². The van der Waals surface area contributed by atoms with Crippen LogP contribution in [0.2, 0.25) is 0 Å². The van der Waals surface area contributed by atoms with E-state index in [2.05, 4.69) is 22.0 Å². The van der Waals surface area contributed by atoms with E-state index in [4.69, 9.17) is 4.52 Å². The zero-order valence-corrected chi connectivity index (χ0v) is 8.32. The van der Waals surface area contributed by atoms with Gasteiger partial charge in [0.15, 0.2) is 0 Å². The summed E-state index contributed by atoms with van der Waals surface area (Å²) in [6, 6.07) is 0. The number of rotatable bonds is 3. The fourth-order valence-electron chi connectivity index (χ4n) is 1.96. The van der Waals surface area contributed by atoms with Gasteiger partial charge in [-0.25, -0.2) is 4.79 Å². The molecule has 2 rings (SSSR count). The Labute approximate surface area is 82.1 Å². The molecule has 0 amide bonds. The molecule has 5 heteroatoms. The molecule has 0 spiro atoms. The van der Waals surface area contributed by atoms with Crippen molar-refractivity contribution in [3.63, 3.8) is 0 Å². The normalized spacial score (nSPS) is 23.1. The molecule has 5 nitrogen and oxygen atoms in total. The van der Waals surface area contributed by atoms with Crippen molar-refractivity contribution in [1.29, 1.82) is 0 Å². The van der Waals surface area contributed by atoms with Gasteiger partial charge in [0.05, 0.1) is 0 Å². The molecule has 1 fully saturated rings. The number of nitrogens with one attached hydrogen (secondary N) is 1. The van der Waals surface area contributed by atoms with Gasteiger partial charge < -0.3 is 9.42 Å². The van der Waals surface area contributed by atoms with Gasteiger partial charge in [0, 0.05) is 13.0 Å². The van der Waals surface area contributed by atoms with Crippen molar-refractivity contribution in [2.45, 2.75) is 19.8 Å². The monoisotopic (exact) mass is 197 g/mol.